The van der Waals surface area contributed by atoms with Gasteiger partial charge < -0.3 is 9.80 Å². The van der Waals surface area contributed by atoms with E-state index in [4.69, 9.17) is 0 Å². The van der Waals surface area contributed by atoms with Gasteiger partial charge in [-0.15, -0.1) is 0 Å². The Morgan fingerprint density at radius 1 is 1.05 bits per heavy atom. The highest BCUT2D eigenvalue weighted by atomic mass is 15.3. The summed E-state index contributed by atoms with van der Waals surface area (Å²) in [4.78, 5) is 4.78. The first-order valence-electron chi connectivity index (χ1n) is 6.81. The molecule has 0 atom stereocenters. The van der Waals surface area contributed by atoms with E-state index >= 15 is 0 Å². The van der Waals surface area contributed by atoms with Crippen molar-refractivity contribution in [3.8, 4) is 0 Å². The molecule has 0 saturated carbocycles. The number of hydrogen-bond acceptors (Lipinski definition) is 3. The van der Waals surface area contributed by atoms with Crippen molar-refractivity contribution in [3.05, 3.63) is 48.3 Å². The molecule has 2 aromatic rings. The highest BCUT2D eigenvalue weighted by molar-refractivity contribution is 5.43. The molecule has 0 radical (unpaired) electrons. The molecule has 4 heteroatoms. The number of rotatable bonds is 3. The molecule has 1 aromatic heterocycles. The molecule has 0 bridgehead atoms. The number of hydrogen-bond donors (Lipinski definition) is 0. The van der Waals surface area contributed by atoms with Crippen LogP contribution in [0.25, 0.3) is 0 Å². The molecule has 1 aliphatic heterocycles. The van der Waals surface area contributed by atoms with Gasteiger partial charge in [0.2, 0.25) is 0 Å². The van der Waals surface area contributed by atoms with E-state index in [9.17, 15) is 0 Å². The molecule has 19 heavy (non-hydrogen) atoms. The Labute approximate surface area is 114 Å². The molecule has 0 unspecified atom stereocenters. The molecule has 4 nitrogen and oxygen atoms in total. The van der Waals surface area contributed by atoms with Crippen LogP contribution in [0.2, 0.25) is 0 Å². The summed E-state index contributed by atoms with van der Waals surface area (Å²) in [6.45, 7) is 5.28. The van der Waals surface area contributed by atoms with Gasteiger partial charge in [0.25, 0.3) is 0 Å². The van der Waals surface area contributed by atoms with Gasteiger partial charge in [0, 0.05) is 32.4 Å². The van der Waals surface area contributed by atoms with Crippen LogP contribution in [0, 0.1) is 0 Å². The molecule has 0 aliphatic carbocycles. The minimum Gasteiger partial charge on any atom is -0.366 e. The number of piperazine rings is 1. The fraction of sp³-hybridized carbons (Fsp3) is 0.400. The van der Waals surface area contributed by atoms with Crippen LogP contribution < -0.4 is 4.90 Å². The van der Waals surface area contributed by atoms with Crippen molar-refractivity contribution >= 4 is 5.69 Å². The van der Waals surface area contributed by atoms with E-state index in [-0.39, 0.29) is 0 Å². The van der Waals surface area contributed by atoms with E-state index < -0.39 is 0 Å². The van der Waals surface area contributed by atoms with Gasteiger partial charge in [-0.3, -0.25) is 4.68 Å². The SMILES string of the molecule is CN1CCN(c2cnn(Cc3ccccc3)c2)CC1. The second-order valence-corrected chi connectivity index (χ2v) is 5.17. The molecule has 1 fully saturated rings. The Bertz CT molecular complexity index is 512. The second-order valence-electron chi connectivity index (χ2n) is 5.17. The van der Waals surface area contributed by atoms with E-state index in [1.54, 1.807) is 0 Å². The average molecular weight is 256 g/mol. The largest absolute Gasteiger partial charge is 0.366 e. The minimum atomic E-state index is 0.842. The number of aromatic nitrogens is 2. The van der Waals surface area contributed by atoms with Crippen LogP contribution in [-0.4, -0.2) is 47.9 Å². The highest BCUT2D eigenvalue weighted by Gasteiger charge is 2.15. The van der Waals surface area contributed by atoms with Crippen molar-refractivity contribution < 1.29 is 0 Å². The van der Waals surface area contributed by atoms with E-state index in [1.165, 1.54) is 11.3 Å². The van der Waals surface area contributed by atoms with Crippen molar-refractivity contribution in [1.29, 1.82) is 0 Å². The molecular formula is C15H20N4. The Balaban J connectivity index is 1.66. The topological polar surface area (TPSA) is 24.3 Å². The summed E-state index contributed by atoms with van der Waals surface area (Å²) in [5.41, 5.74) is 2.53. The van der Waals surface area contributed by atoms with E-state index in [0.29, 0.717) is 0 Å². The van der Waals surface area contributed by atoms with Crippen molar-refractivity contribution in [2.24, 2.45) is 0 Å². The zero-order valence-corrected chi connectivity index (χ0v) is 11.4. The molecule has 2 heterocycles. The number of anilines is 1. The lowest BCUT2D eigenvalue weighted by Crippen LogP contribution is -2.44. The monoisotopic (exact) mass is 256 g/mol. The van der Waals surface area contributed by atoms with Crippen molar-refractivity contribution in [2.45, 2.75) is 6.54 Å². The lowest BCUT2D eigenvalue weighted by Gasteiger charge is -2.32. The summed E-state index contributed by atoms with van der Waals surface area (Å²) >= 11 is 0. The van der Waals surface area contributed by atoms with Crippen LogP contribution in [0.3, 0.4) is 0 Å². The molecule has 1 aromatic carbocycles. The van der Waals surface area contributed by atoms with Crippen LogP contribution in [0.15, 0.2) is 42.7 Å². The third-order valence-corrected chi connectivity index (χ3v) is 3.68. The standard InChI is InChI=1S/C15H20N4/c1-17-7-9-18(10-8-17)15-11-16-19(13-15)12-14-5-3-2-4-6-14/h2-6,11,13H,7-10,12H2,1H3. The molecule has 0 amide bonds. The van der Waals surface area contributed by atoms with Crippen LogP contribution in [0.4, 0.5) is 5.69 Å². The summed E-state index contributed by atoms with van der Waals surface area (Å²) in [6.07, 6.45) is 4.13. The Hall–Kier alpha value is -1.81. The van der Waals surface area contributed by atoms with Crippen LogP contribution in [-0.2, 0) is 6.54 Å². The van der Waals surface area contributed by atoms with Crippen molar-refractivity contribution in [1.82, 2.24) is 14.7 Å². The lowest BCUT2D eigenvalue weighted by atomic mass is 10.2. The third kappa shape index (κ3) is 2.96. The van der Waals surface area contributed by atoms with Gasteiger partial charge in [-0.25, -0.2) is 0 Å². The van der Waals surface area contributed by atoms with Gasteiger partial charge in [-0.2, -0.15) is 5.10 Å². The summed E-state index contributed by atoms with van der Waals surface area (Å²) < 4.78 is 2.02. The molecule has 1 aliphatic rings. The smallest absolute Gasteiger partial charge is 0.0753 e. The summed E-state index contributed by atoms with van der Waals surface area (Å²) in [6, 6.07) is 10.5. The maximum atomic E-state index is 4.47. The number of nitrogens with zero attached hydrogens (tertiary/aromatic N) is 4. The fourth-order valence-corrected chi connectivity index (χ4v) is 2.44. The average Bonchev–Trinajstić information content (AvgIpc) is 2.89. The first kappa shape index (κ1) is 12.2. The number of likely N-dealkylation sites (N-methyl/N-ethyl adjacent to an activating group) is 1. The minimum absolute atomic E-state index is 0.842. The first-order chi connectivity index (χ1) is 9.31. The lowest BCUT2D eigenvalue weighted by molar-refractivity contribution is 0.313. The van der Waals surface area contributed by atoms with Gasteiger partial charge in [0.1, 0.15) is 0 Å². The third-order valence-electron chi connectivity index (χ3n) is 3.68. The number of benzene rings is 1. The van der Waals surface area contributed by atoms with Crippen molar-refractivity contribution in [3.63, 3.8) is 0 Å². The molecule has 0 N–H and O–H groups in total. The predicted octanol–water partition coefficient (Wildman–Crippen LogP) is 1.68. The Kier molecular flexibility index (Phi) is 3.51. The summed E-state index contributed by atoms with van der Waals surface area (Å²) in [7, 11) is 2.18. The molecule has 3 rings (SSSR count). The quantitative estimate of drug-likeness (QED) is 0.835. The zero-order chi connectivity index (χ0) is 13.1. The van der Waals surface area contributed by atoms with Crippen LogP contribution in [0.5, 0.6) is 0 Å². The van der Waals surface area contributed by atoms with Gasteiger partial charge in [0.15, 0.2) is 0 Å². The van der Waals surface area contributed by atoms with Gasteiger partial charge in [0.05, 0.1) is 18.4 Å². The predicted molar refractivity (Wildman–Crippen MR) is 77.5 cm³/mol. The summed E-state index contributed by atoms with van der Waals surface area (Å²) in [5.74, 6) is 0. The maximum Gasteiger partial charge on any atom is 0.0753 e. The fourth-order valence-electron chi connectivity index (χ4n) is 2.44. The second kappa shape index (κ2) is 5.45. The molecule has 1 saturated heterocycles. The first-order valence-corrected chi connectivity index (χ1v) is 6.81. The van der Waals surface area contributed by atoms with Crippen LogP contribution >= 0.6 is 0 Å². The van der Waals surface area contributed by atoms with Crippen LogP contribution in [0.1, 0.15) is 5.56 Å². The van der Waals surface area contributed by atoms with E-state index in [0.717, 1.165) is 32.7 Å². The summed E-state index contributed by atoms with van der Waals surface area (Å²) in [5, 5.41) is 4.47. The zero-order valence-electron chi connectivity index (χ0n) is 11.4. The van der Waals surface area contributed by atoms with E-state index in [2.05, 4.69) is 52.4 Å². The van der Waals surface area contributed by atoms with Gasteiger partial charge >= 0.3 is 0 Å². The highest BCUT2D eigenvalue weighted by Crippen LogP contribution is 2.15. The molecule has 100 valence electrons. The van der Waals surface area contributed by atoms with Gasteiger partial charge in [-0.1, -0.05) is 30.3 Å². The molecular weight excluding hydrogens is 236 g/mol. The Morgan fingerprint density at radius 2 is 1.79 bits per heavy atom. The van der Waals surface area contributed by atoms with Crippen molar-refractivity contribution in [2.75, 3.05) is 38.1 Å². The maximum absolute atomic E-state index is 4.47. The van der Waals surface area contributed by atoms with Gasteiger partial charge in [-0.05, 0) is 12.6 Å². The normalized spacial score (nSPS) is 16.8. The van der Waals surface area contributed by atoms with E-state index in [1.807, 2.05) is 16.9 Å². The molecule has 0 spiro atoms. The Morgan fingerprint density at radius 3 is 2.53 bits per heavy atom.